The number of nitrogens with one attached hydrogen (secondary N) is 2. The number of phenols is 1. The maximum atomic E-state index is 11.1. The zero-order valence-electron chi connectivity index (χ0n) is 13.5. The summed E-state index contributed by atoms with van der Waals surface area (Å²) in [7, 11) is 0. The lowest BCUT2D eigenvalue weighted by atomic mass is 9.94. The van der Waals surface area contributed by atoms with Crippen LogP contribution >= 0.6 is 0 Å². The van der Waals surface area contributed by atoms with E-state index in [1.54, 1.807) is 6.19 Å². The van der Waals surface area contributed by atoms with Crippen LogP contribution in [0.4, 0.5) is 23.0 Å². The maximum absolute atomic E-state index is 11.1. The topological polar surface area (TPSA) is 212 Å². The van der Waals surface area contributed by atoms with Crippen molar-refractivity contribution in [3.05, 3.63) is 45.0 Å². The van der Waals surface area contributed by atoms with E-state index >= 15 is 0 Å². The number of benzene rings is 1. The highest BCUT2D eigenvalue weighted by atomic mass is 16.6. The van der Waals surface area contributed by atoms with E-state index in [0.29, 0.717) is 5.56 Å². The Bertz CT molecular complexity index is 1080. The number of rotatable bonds is 2. The van der Waals surface area contributed by atoms with Gasteiger partial charge in [0.2, 0.25) is 5.96 Å². The second kappa shape index (κ2) is 6.38. The number of nitrogen functional groups attached to an aromatic ring is 2. The van der Waals surface area contributed by atoms with Crippen LogP contribution in [0.25, 0.3) is 0 Å². The van der Waals surface area contributed by atoms with E-state index in [9.17, 15) is 20.5 Å². The number of phenolic OH excluding ortho intramolecular Hbond substituents is 1. The average Bonchev–Trinajstić information content (AvgIpc) is 2.61. The molecule has 1 aromatic heterocycles. The van der Waals surface area contributed by atoms with Crippen molar-refractivity contribution in [1.82, 2.24) is 10.3 Å². The number of hydrogen-bond acceptors (Lipinski definition) is 11. The summed E-state index contributed by atoms with van der Waals surface area (Å²) in [5.74, 6) is -0.465. The van der Waals surface area contributed by atoms with Crippen molar-refractivity contribution >= 4 is 29.0 Å². The number of fused-ring (bicyclic) bond motifs is 1. The van der Waals surface area contributed by atoms with Crippen LogP contribution < -0.4 is 22.1 Å². The van der Waals surface area contributed by atoms with Gasteiger partial charge in [0.1, 0.15) is 29.3 Å². The largest absolute Gasteiger partial charge is 0.502 e. The number of nitriles is 2. The Labute approximate surface area is 151 Å². The van der Waals surface area contributed by atoms with Crippen LogP contribution in [0.1, 0.15) is 22.7 Å². The molecule has 1 aliphatic heterocycles. The van der Waals surface area contributed by atoms with Crippen LogP contribution in [0, 0.1) is 32.9 Å². The molecule has 27 heavy (non-hydrogen) atoms. The van der Waals surface area contributed by atoms with Crippen LogP contribution in [0.3, 0.4) is 0 Å². The number of aromatic hydroxyl groups is 1. The Hall–Kier alpha value is -4.58. The van der Waals surface area contributed by atoms with E-state index in [-0.39, 0.29) is 34.4 Å². The van der Waals surface area contributed by atoms with Gasteiger partial charge >= 0.3 is 5.69 Å². The molecule has 3 rings (SSSR count). The highest BCUT2D eigenvalue weighted by Gasteiger charge is 2.31. The van der Waals surface area contributed by atoms with Crippen LogP contribution in [0.2, 0.25) is 0 Å². The molecule has 0 saturated heterocycles. The smallest absolute Gasteiger partial charge is 0.311 e. The van der Waals surface area contributed by atoms with Gasteiger partial charge in [-0.2, -0.15) is 10.5 Å². The summed E-state index contributed by atoms with van der Waals surface area (Å²) in [5.41, 5.74) is 11.8. The second-order valence-electron chi connectivity index (χ2n) is 5.41. The average molecular weight is 365 g/mol. The van der Waals surface area contributed by atoms with Crippen molar-refractivity contribution in [3.8, 4) is 18.0 Å². The van der Waals surface area contributed by atoms with E-state index < -0.39 is 22.4 Å². The quantitative estimate of drug-likeness (QED) is 0.217. The van der Waals surface area contributed by atoms with Gasteiger partial charge in [-0.05, 0) is 11.6 Å². The molecule has 2 heterocycles. The van der Waals surface area contributed by atoms with Crippen LogP contribution in [0.15, 0.2) is 23.2 Å². The van der Waals surface area contributed by atoms with E-state index in [0.717, 1.165) is 12.1 Å². The predicted molar refractivity (Wildman–Crippen MR) is 94.2 cm³/mol. The van der Waals surface area contributed by atoms with E-state index in [1.807, 2.05) is 6.07 Å². The molecule has 134 valence electrons. The summed E-state index contributed by atoms with van der Waals surface area (Å²) in [5, 5.41) is 44.0. The van der Waals surface area contributed by atoms with Crippen molar-refractivity contribution < 1.29 is 10.0 Å². The third-order valence-corrected chi connectivity index (χ3v) is 3.87. The minimum Gasteiger partial charge on any atom is -0.502 e. The standard InChI is InChI=1S/C15H11N9O3/c16-4-7-11(18)10-12(6-1-2-9(25)8(3-6)24(26)27)21-15(20-5-17)23-14(10)22-13(7)19/h1-3,12,25H,(H6,18,19,20,21,22,23). The molecule has 1 aromatic carbocycles. The molecule has 0 saturated carbocycles. The number of aromatic nitrogens is 1. The Balaban J connectivity index is 2.27. The highest BCUT2D eigenvalue weighted by molar-refractivity contribution is 5.98. The Morgan fingerprint density at radius 1 is 1.37 bits per heavy atom. The first-order valence-electron chi connectivity index (χ1n) is 7.33. The molecule has 12 nitrogen and oxygen atoms in total. The highest BCUT2D eigenvalue weighted by Crippen LogP contribution is 2.42. The van der Waals surface area contributed by atoms with E-state index in [2.05, 4.69) is 20.6 Å². The molecule has 7 N–H and O–H groups in total. The van der Waals surface area contributed by atoms with Gasteiger partial charge in [0.15, 0.2) is 11.9 Å². The molecular weight excluding hydrogens is 354 g/mol. The van der Waals surface area contributed by atoms with Crippen LogP contribution in [-0.2, 0) is 0 Å². The second-order valence-corrected chi connectivity index (χ2v) is 5.41. The fraction of sp³-hybridized carbons (Fsp3) is 0.0667. The predicted octanol–water partition coefficient (Wildman–Crippen LogP) is 0.673. The molecule has 0 aliphatic carbocycles. The van der Waals surface area contributed by atoms with Crippen LogP contribution in [-0.4, -0.2) is 21.0 Å². The van der Waals surface area contributed by atoms with Crippen molar-refractivity contribution in [2.45, 2.75) is 6.04 Å². The van der Waals surface area contributed by atoms with Crippen molar-refractivity contribution in [2.75, 3.05) is 16.8 Å². The first-order chi connectivity index (χ1) is 12.9. The monoisotopic (exact) mass is 365 g/mol. The Kier molecular flexibility index (Phi) is 4.08. The van der Waals surface area contributed by atoms with Crippen molar-refractivity contribution in [1.29, 1.82) is 10.5 Å². The Morgan fingerprint density at radius 3 is 2.74 bits per heavy atom. The van der Waals surface area contributed by atoms with Gasteiger partial charge in [-0.25, -0.2) is 9.98 Å². The first-order valence-corrected chi connectivity index (χ1v) is 7.33. The van der Waals surface area contributed by atoms with E-state index in [4.69, 9.17) is 16.7 Å². The number of nitro groups is 1. The molecule has 0 amide bonds. The molecule has 0 radical (unpaired) electrons. The summed E-state index contributed by atoms with van der Waals surface area (Å²) < 4.78 is 0. The fourth-order valence-electron chi connectivity index (χ4n) is 2.68. The van der Waals surface area contributed by atoms with Crippen LogP contribution in [0.5, 0.6) is 5.75 Å². The normalized spacial score (nSPS) is 14.7. The van der Waals surface area contributed by atoms with Gasteiger partial charge in [-0.3, -0.25) is 15.4 Å². The van der Waals surface area contributed by atoms with Crippen molar-refractivity contribution in [3.63, 3.8) is 0 Å². The van der Waals surface area contributed by atoms with Gasteiger partial charge in [-0.1, -0.05) is 6.07 Å². The number of nitrogens with zero attached hydrogens (tertiary/aromatic N) is 5. The third kappa shape index (κ3) is 2.83. The number of hydrogen-bond donors (Lipinski definition) is 5. The zero-order chi connectivity index (χ0) is 19.7. The SMILES string of the molecule is N#CNC1=NC(c2ccc(O)c([N+](=O)[O-])c2)c2c(nc(N)c(C#N)c2N)N1. The van der Waals surface area contributed by atoms with Gasteiger partial charge < -0.3 is 21.9 Å². The maximum Gasteiger partial charge on any atom is 0.311 e. The van der Waals surface area contributed by atoms with Gasteiger partial charge in [-0.15, -0.1) is 0 Å². The summed E-state index contributed by atoms with van der Waals surface area (Å²) in [6.45, 7) is 0. The van der Waals surface area contributed by atoms with Crippen molar-refractivity contribution in [2.24, 2.45) is 4.99 Å². The summed E-state index contributed by atoms with van der Waals surface area (Å²) >= 11 is 0. The Morgan fingerprint density at radius 2 is 2.11 bits per heavy atom. The summed E-state index contributed by atoms with van der Waals surface area (Å²) in [6, 6.07) is 4.61. The first kappa shape index (κ1) is 17.2. The minimum atomic E-state index is -0.934. The fourth-order valence-corrected chi connectivity index (χ4v) is 2.68. The number of anilines is 3. The number of nitrogens with two attached hydrogens (primary N) is 2. The lowest BCUT2D eigenvalue weighted by Crippen LogP contribution is -2.32. The third-order valence-electron chi connectivity index (χ3n) is 3.87. The van der Waals surface area contributed by atoms with Gasteiger partial charge in [0, 0.05) is 11.6 Å². The lowest BCUT2D eigenvalue weighted by Gasteiger charge is -2.26. The molecular formula is C15H11N9O3. The molecule has 12 heteroatoms. The minimum absolute atomic E-state index is 0.00739. The molecule has 1 unspecified atom stereocenters. The number of aliphatic imine (C=N–C) groups is 1. The summed E-state index contributed by atoms with van der Waals surface area (Å²) in [6.07, 6.45) is 1.70. The van der Waals surface area contributed by atoms with Gasteiger partial charge in [0.25, 0.3) is 0 Å². The molecule has 2 aromatic rings. The zero-order valence-corrected chi connectivity index (χ0v) is 13.5. The molecule has 0 bridgehead atoms. The molecule has 0 fully saturated rings. The molecule has 1 atom stereocenters. The summed E-state index contributed by atoms with van der Waals surface area (Å²) in [4.78, 5) is 18.7. The molecule has 1 aliphatic rings. The molecule has 0 spiro atoms. The number of pyridine rings is 1. The number of nitro benzene ring substituents is 1. The van der Waals surface area contributed by atoms with Gasteiger partial charge in [0.05, 0.1) is 10.6 Å². The number of guanidine groups is 1. The lowest BCUT2D eigenvalue weighted by molar-refractivity contribution is -0.385. The van der Waals surface area contributed by atoms with E-state index in [1.165, 1.54) is 6.07 Å².